The maximum atomic E-state index is 13.6. The van der Waals surface area contributed by atoms with Crippen molar-refractivity contribution in [2.24, 2.45) is 0 Å². The highest BCUT2D eigenvalue weighted by Crippen LogP contribution is 2.15. The fraction of sp³-hybridized carbons (Fsp3) is 0.111. The van der Waals surface area contributed by atoms with Crippen LogP contribution in [0.3, 0.4) is 0 Å². The molecule has 0 bridgehead atoms. The van der Waals surface area contributed by atoms with Crippen molar-refractivity contribution in [2.45, 2.75) is 6.54 Å². The third-order valence-corrected chi connectivity index (χ3v) is 3.27. The van der Waals surface area contributed by atoms with Crippen molar-refractivity contribution in [3.63, 3.8) is 0 Å². The lowest BCUT2D eigenvalue weighted by atomic mass is 10.1. The van der Waals surface area contributed by atoms with Crippen molar-refractivity contribution in [2.75, 3.05) is 7.05 Å². The van der Waals surface area contributed by atoms with Crippen LogP contribution in [0.15, 0.2) is 54.1 Å². The molecule has 1 N–H and O–H groups in total. The van der Waals surface area contributed by atoms with E-state index in [0.717, 1.165) is 0 Å². The summed E-state index contributed by atoms with van der Waals surface area (Å²) in [5.74, 6) is -0.791. The molecule has 116 valence electrons. The van der Waals surface area contributed by atoms with Gasteiger partial charge in [0.1, 0.15) is 23.2 Å². The van der Waals surface area contributed by atoms with Gasteiger partial charge in [0.25, 0.3) is 5.91 Å². The normalized spacial score (nSPS) is 10.9. The number of nitriles is 1. The Bertz CT molecular complexity index is 776. The van der Waals surface area contributed by atoms with E-state index in [9.17, 15) is 19.6 Å². The number of carbonyl (C=O) groups excluding carboxylic acids is 1. The van der Waals surface area contributed by atoms with E-state index in [-0.39, 0.29) is 17.9 Å². The Hall–Kier alpha value is -3.13. The SMILES string of the molecule is CN(Cc1ccccc1F)C(=O)/C(C#N)=C/c1ccc(O)cc1. The van der Waals surface area contributed by atoms with Crippen LogP contribution in [0.4, 0.5) is 4.39 Å². The Morgan fingerprint density at radius 2 is 1.91 bits per heavy atom. The molecule has 0 aromatic heterocycles. The zero-order chi connectivity index (χ0) is 16.8. The number of hydrogen-bond acceptors (Lipinski definition) is 3. The van der Waals surface area contributed by atoms with Crippen LogP contribution < -0.4 is 0 Å². The first-order chi connectivity index (χ1) is 11.0. The molecule has 0 heterocycles. The van der Waals surface area contributed by atoms with Crippen molar-refractivity contribution in [1.82, 2.24) is 4.90 Å². The smallest absolute Gasteiger partial charge is 0.264 e. The maximum absolute atomic E-state index is 13.6. The summed E-state index contributed by atoms with van der Waals surface area (Å²) in [6, 6.07) is 14.2. The van der Waals surface area contributed by atoms with Crippen molar-refractivity contribution in [3.05, 3.63) is 71.0 Å². The minimum atomic E-state index is -0.496. The third-order valence-electron chi connectivity index (χ3n) is 3.27. The van der Waals surface area contributed by atoms with Gasteiger partial charge in [-0.1, -0.05) is 30.3 Å². The number of benzene rings is 2. The average molecular weight is 310 g/mol. The second-order valence-electron chi connectivity index (χ2n) is 5.01. The molecule has 0 fully saturated rings. The molecule has 1 amide bonds. The van der Waals surface area contributed by atoms with E-state index < -0.39 is 11.7 Å². The second-order valence-corrected chi connectivity index (χ2v) is 5.01. The molecule has 23 heavy (non-hydrogen) atoms. The molecule has 4 nitrogen and oxygen atoms in total. The molecule has 0 unspecified atom stereocenters. The van der Waals surface area contributed by atoms with E-state index in [1.165, 1.54) is 36.2 Å². The molecule has 0 aliphatic rings. The van der Waals surface area contributed by atoms with Gasteiger partial charge < -0.3 is 10.0 Å². The van der Waals surface area contributed by atoms with Gasteiger partial charge in [-0.2, -0.15) is 5.26 Å². The fourth-order valence-electron chi connectivity index (χ4n) is 2.04. The lowest BCUT2D eigenvalue weighted by molar-refractivity contribution is -0.125. The number of halogens is 1. The summed E-state index contributed by atoms with van der Waals surface area (Å²) in [4.78, 5) is 13.6. The zero-order valence-electron chi connectivity index (χ0n) is 12.5. The van der Waals surface area contributed by atoms with E-state index in [0.29, 0.717) is 11.1 Å². The highest BCUT2D eigenvalue weighted by atomic mass is 19.1. The summed E-state index contributed by atoms with van der Waals surface area (Å²) < 4.78 is 13.6. The van der Waals surface area contributed by atoms with Gasteiger partial charge in [-0.05, 0) is 29.8 Å². The lowest BCUT2D eigenvalue weighted by Gasteiger charge is -2.17. The Labute approximate surface area is 133 Å². The largest absolute Gasteiger partial charge is 0.508 e. The molecule has 0 aliphatic heterocycles. The van der Waals surface area contributed by atoms with Crippen LogP contribution in [-0.4, -0.2) is 23.0 Å². The van der Waals surface area contributed by atoms with Gasteiger partial charge in [0, 0.05) is 19.2 Å². The summed E-state index contributed by atoms with van der Waals surface area (Å²) in [5, 5.41) is 18.4. The van der Waals surface area contributed by atoms with Crippen LogP contribution in [0, 0.1) is 17.1 Å². The molecule has 0 radical (unpaired) electrons. The van der Waals surface area contributed by atoms with E-state index >= 15 is 0 Å². The molecule has 2 aromatic carbocycles. The number of aromatic hydroxyl groups is 1. The van der Waals surface area contributed by atoms with Crippen LogP contribution >= 0.6 is 0 Å². The quantitative estimate of drug-likeness (QED) is 0.697. The first-order valence-corrected chi connectivity index (χ1v) is 6.91. The number of phenols is 1. The number of nitrogens with zero attached hydrogens (tertiary/aromatic N) is 2. The Balaban J connectivity index is 2.18. The highest BCUT2D eigenvalue weighted by Gasteiger charge is 2.16. The van der Waals surface area contributed by atoms with Crippen molar-refractivity contribution < 1.29 is 14.3 Å². The van der Waals surface area contributed by atoms with Gasteiger partial charge in [-0.25, -0.2) is 4.39 Å². The van der Waals surface area contributed by atoms with Crippen LogP contribution in [0.5, 0.6) is 5.75 Å². The van der Waals surface area contributed by atoms with E-state index in [1.54, 1.807) is 30.3 Å². The van der Waals surface area contributed by atoms with Gasteiger partial charge in [0.2, 0.25) is 0 Å². The number of hydrogen-bond donors (Lipinski definition) is 1. The standard InChI is InChI=1S/C18H15FN2O2/c1-21(12-14-4-2-3-5-17(14)19)18(23)15(11-20)10-13-6-8-16(22)9-7-13/h2-10,22H,12H2,1H3/b15-10+. The van der Waals surface area contributed by atoms with E-state index in [4.69, 9.17) is 0 Å². The van der Waals surface area contributed by atoms with Crippen molar-refractivity contribution in [1.29, 1.82) is 5.26 Å². The third kappa shape index (κ3) is 4.17. The Kier molecular flexibility index (Phi) is 5.11. The molecule has 0 saturated carbocycles. The molecule has 0 atom stereocenters. The van der Waals surface area contributed by atoms with Gasteiger partial charge >= 0.3 is 0 Å². The summed E-state index contributed by atoms with van der Waals surface area (Å²) in [5.41, 5.74) is 0.937. The lowest BCUT2D eigenvalue weighted by Crippen LogP contribution is -2.27. The predicted octanol–water partition coefficient (Wildman–Crippen LogP) is 3.10. The molecule has 2 aromatic rings. The first-order valence-electron chi connectivity index (χ1n) is 6.91. The summed E-state index contributed by atoms with van der Waals surface area (Å²) >= 11 is 0. The number of phenolic OH excluding ortho intramolecular Hbond substituents is 1. The molecule has 5 heteroatoms. The Morgan fingerprint density at radius 3 is 2.52 bits per heavy atom. The van der Waals surface area contributed by atoms with Crippen molar-refractivity contribution >= 4 is 12.0 Å². The predicted molar refractivity (Wildman–Crippen MR) is 84.6 cm³/mol. The topological polar surface area (TPSA) is 64.3 Å². The minimum Gasteiger partial charge on any atom is -0.508 e. The highest BCUT2D eigenvalue weighted by molar-refractivity contribution is 6.01. The van der Waals surface area contributed by atoms with Crippen LogP contribution in [-0.2, 0) is 11.3 Å². The minimum absolute atomic E-state index is 0.0606. The van der Waals surface area contributed by atoms with Gasteiger partial charge in [-0.3, -0.25) is 4.79 Å². The van der Waals surface area contributed by atoms with Gasteiger partial charge in [-0.15, -0.1) is 0 Å². The number of likely N-dealkylation sites (N-methyl/N-ethyl adjacent to an activating group) is 1. The van der Waals surface area contributed by atoms with Crippen LogP contribution in [0.2, 0.25) is 0 Å². The number of carbonyl (C=O) groups is 1. The molecular weight excluding hydrogens is 295 g/mol. The number of amides is 1. The zero-order valence-corrected chi connectivity index (χ0v) is 12.5. The molecule has 0 aliphatic carbocycles. The molecule has 0 spiro atoms. The first kappa shape index (κ1) is 16.2. The Morgan fingerprint density at radius 1 is 1.26 bits per heavy atom. The monoisotopic (exact) mass is 310 g/mol. The fourth-order valence-corrected chi connectivity index (χ4v) is 2.04. The van der Waals surface area contributed by atoms with Crippen LogP contribution in [0.25, 0.3) is 6.08 Å². The van der Waals surface area contributed by atoms with E-state index in [2.05, 4.69) is 0 Å². The van der Waals surface area contributed by atoms with E-state index in [1.807, 2.05) is 6.07 Å². The summed E-state index contributed by atoms with van der Waals surface area (Å²) in [7, 11) is 1.51. The maximum Gasteiger partial charge on any atom is 0.264 e. The average Bonchev–Trinajstić information content (AvgIpc) is 2.55. The molecule has 0 saturated heterocycles. The van der Waals surface area contributed by atoms with Gasteiger partial charge in [0.05, 0.1) is 0 Å². The van der Waals surface area contributed by atoms with Crippen molar-refractivity contribution in [3.8, 4) is 11.8 Å². The van der Waals surface area contributed by atoms with Gasteiger partial charge in [0.15, 0.2) is 0 Å². The summed E-state index contributed by atoms with van der Waals surface area (Å²) in [6.07, 6.45) is 1.43. The second kappa shape index (κ2) is 7.23. The summed E-state index contributed by atoms with van der Waals surface area (Å²) in [6.45, 7) is 0.0695. The van der Waals surface area contributed by atoms with Crippen LogP contribution in [0.1, 0.15) is 11.1 Å². The number of rotatable bonds is 4. The molecular formula is C18H15FN2O2. The molecule has 2 rings (SSSR count).